The van der Waals surface area contributed by atoms with Crippen molar-refractivity contribution < 1.29 is 5.11 Å². The number of rotatable bonds is 1. The predicted molar refractivity (Wildman–Crippen MR) is 94.6 cm³/mol. The van der Waals surface area contributed by atoms with Crippen molar-refractivity contribution in [3.8, 4) is 5.75 Å². The number of hydrogen-bond donors (Lipinski definition) is 1. The summed E-state index contributed by atoms with van der Waals surface area (Å²) < 4.78 is 3.98. The number of nitrogens with zero attached hydrogens (tertiary/aromatic N) is 3. The highest BCUT2D eigenvalue weighted by molar-refractivity contribution is 6.07. The van der Waals surface area contributed by atoms with Crippen molar-refractivity contribution in [2.45, 2.75) is 18.9 Å². The average Bonchev–Trinajstić information content (AvgIpc) is 2.89. The lowest BCUT2D eigenvalue weighted by atomic mass is 9.84. The minimum Gasteiger partial charge on any atom is -0.508 e. The van der Waals surface area contributed by atoms with Gasteiger partial charge in [0.15, 0.2) is 0 Å². The van der Waals surface area contributed by atoms with Gasteiger partial charge in [0.25, 0.3) is 5.56 Å². The van der Waals surface area contributed by atoms with Crippen LogP contribution >= 0.6 is 0 Å². The molecule has 3 fully saturated rings. The number of pyridine rings is 1. The topological polar surface area (TPSA) is 50.4 Å². The Bertz CT molecular complexity index is 1010. The van der Waals surface area contributed by atoms with Crippen LogP contribution < -0.4 is 5.56 Å². The third kappa shape index (κ3) is 1.82. The molecule has 5 nitrogen and oxygen atoms in total. The molecule has 24 heavy (non-hydrogen) atoms. The molecule has 3 aliphatic heterocycles. The van der Waals surface area contributed by atoms with Crippen LogP contribution in [0.3, 0.4) is 0 Å². The molecule has 5 heteroatoms. The van der Waals surface area contributed by atoms with Crippen molar-refractivity contribution in [2.75, 3.05) is 19.6 Å². The quantitative estimate of drug-likeness (QED) is 0.748. The lowest BCUT2D eigenvalue weighted by Crippen LogP contribution is -2.49. The summed E-state index contributed by atoms with van der Waals surface area (Å²) in [5.74, 6) is 0.807. The first-order valence-corrected chi connectivity index (χ1v) is 8.68. The predicted octanol–water partition coefficient (Wildman–Crippen LogP) is 2.47. The molecule has 0 amide bonds. The van der Waals surface area contributed by atoms with Gasteiger partial charge in [0.2, 0.25) is 0 Å². The molecule has 5 heterocycles. The second kappa shape index (κ2) is 4.86. The van der Waals surface area contributed by atoms with E-state index < -0.39 is 0 Å². The molecule has 2 aromatic heterocycles. The third-order valence-electron chi connectivity index (χ3n) is 6.05. The van der Waals surface area contributed by atoms with Crippen LogP contribution in [0.1, 0.15) is 18.9 Å². The van der Waals surface area contributed by atoms with Gasteiger partial charge in [0, 0.05) is 30.7 Å². The number of aryl methyl sites for hydroxylation is 1. The zero-order valence-electron chi connectivity index (χ0n) is 13.8. The van der Waals surface area contributed by atoms with E-state index >= 15 is 0 Å². The Labute approximate surface area is 139 Å². The van der Waals surface area contributed by atoms with Crippen LogP contribution in [0.5, 0.6) is 5.75 Å². The standard InChI is InChI=1S/C19H21N3O2/c1-20-15-3-2-13(23)10-14(15)18-16(20)6-9-22(19(18)24)17-11-21-7-4-12(17)5-8-21/h2-3,6,9-10,12,17,23H,4-5,7-8,11H2,1H3/t17-/m1/s1. The Kier molecular flexibility index (Phi) is 2.86. The van der Waals surface area contributed by atoms with E-state index in [9.17, 15) is 9.90 Å². The van der Waals surface area contributed by atoms with E-state index in [1.807, 2.05) is 34.5 Å². The van der Waals surface area contributed by atoms with Gasteiger partial charge >= 0.3 is 0 Å². The average molecular weight is 323 g/mol. The Morgan fingerprint density at radius 2 is 1.92 bits per heavy atom. The normalized spacial score (nSPS) is 26.5. The number of piperidine rings is 3. The number of aromatic hydroxyl groups is 1. The molecular formula is C19H21N3O2. The van der Waals surface area contributed by atoms with Crippen LogP contribution in [0.2, 0.25) is 0 Å². The van der Waals surface area contributed by atoms with E-state index in [0.717, 1.165) is 28.4 Å². The first-order valence-electron chi connectivity index (χ1n) is 8.68. The number of hydrogen-bond acceptors (Lipinski definition) is 3. The summed E-state index contributed by atoms with van der Waals surface area (Å²) in [7, 11) is 1.97. The Balaban J connectivity index is 1.77. The summed E-state index contributed by atoms with van der Waals surface area (Å²) in [4.78, 5) is 15.8. The highest BCUT2D eigenvalue weighted by atomic mass is 16.3. The molecule has 0 spiro atoms. The highest BCUT2D eigenvalue weighted by Gasteiger charge is 2.35. The molecule has 0 aliphatic carbocycles. The van der Waals surface area contributed by atoms with Crippen LogP contribution in [0.15, 0.2) is 35.3 Å². The first kappa shape index (κ1) is 14.1. The molecule has 3 aliphatic rings. The van der Waals surface area contributed by atoms with Crippen LogP contribution in [-0.2, 0) is 7.05 Å². The van der Waals surface area contributed by atoms with Crippen LogP contribution in [0.4, 0.5) is 0 Å². The van der Waals surface area contributed by atoms with Gasteiger partial charge in [-0.2, -0.15) is 0 Å². The molecule has 6 rings (SSSR count). The Hall–Kier alpha value is -2.27. The fraction of sp³-hybridized carbons (Fsp3) is 0.421. The van der Waals surface area contributed by atoms with Crippen molar-refractivity contribution in [3.05, 3.63) is 40.8 Å². The molecule has 124 valence electrons. The van der Waals surface area contributed by atoms with Gasteiger partial charge in [-0.05, 0) is 56.1 Å². The maximum Gasteiger partial charge on any atom is 0.260 e. The summed E-state index contributed by atoms with van der Waals surface area (Å²) in [6.45, 7) is 3.31. The summed E-state index contributed by atoms with van der Waals surface area (Å²) in [6, 6.07) is 7.58. The number of phenols is 1. The number of aromatic nitrogens is 2. The Morgan fingerprint density at radius 1 is 1.12 bits per heavy atom. The summed E-state index contributed by atoms with van der Waals surface area (Å²) >= 11 is 0. The monoisotopic (exact) mass is 323 g/mol. The zero-order chi connectivity index (χ0) is 16.4. The van der Waals surface area contributed by atoms with Gasteiger partial charge in [-0.25, -0.2) is 0 Å². The minimum absolute atomic E-state index is 0.0717. The molecule has 1 N–H and O–H groups in total. The smallest absolute Gasteiger partial charge is 0.260 e. The summed E-state index contributed by atoms with van der Waals surface area (Å²) in [6.07, 6.45) is 4.34. The molecule has 0 unspecified atom stereocenters. The Morgan fingerprint density at radius 3 is 2.62 bits per heavy atom. The lowest BCUT2D eigenvalue weighted by Gasteiger charge is -2.45. The van der Waals surface area contributed by atoms with E-state index in [-0.39, 0.29) is 17.4 Å². The number of fused-ring (bicyclic) bond motifs is 6. The molecule has 3 aromatic rings. The lowest BCUT2D eigenvalue weighted by molar-refractivity contribution is 0.0556. The number of phenolic OH excluding ortho intramolecular Hbond substituents is 1. The van der Waals surface area contributed by atoms with Crippen LogP contribution in [-0.4, -0.2) is 38.8 Å². The van der Waals surface area contributed by atoms with Gasteiger partial charge in [-0.3, -0.25) is 4.79 Å². The molecule has 2 bridgehead atoms. The van der Waals surface area contributed by atoms with E-state index in [2.05, 4.69) is 4.90 Å². The second-order valence-corrected chi connectivity index (χ2v) is 7.25. The minimum atomic E-state index is 0.0717. The van der Waals surface area contributed by atoms with Crippen molar-refractivity contribution in [3.63, 3.8) is 0 Å². The fourth-order valence-electron chi connectivity index (χ4n) is 4.73. The van der Waals surface area contributed by atoms with Crippen LogP contribution in [0, 0.1) is 5.92 Å². The summed E-state index contributed by atoms with van der Waals surface area (Å²) in [5, 5.41) is 11.4. The van der Waals surface area contributed by atoms with E-state index in [0.29, 0.717) is 5.92 Å². The summed E-state index contributed by atoms with van der Waals surface area (Å²) in [5.41, 5.74) is 1.98. The molecule has 3 saturated heterocycles. The maximum atomic E-state index is 13.3. The van der Waals surface area contributed by atoms with Gasteiger partial charge in [0.1, 0.15) is 5.75 Å². The number of benzene rings is 1. The largest absolute Gasteiger partial charge is 0.508 e. The molecule has 1 atom stereocenters. The maximum absolute atomic E-state index is 13.3. The van der Waals surface area contributed by atoms with Crippen LogP contribution in [0.25, 0.3) is 21.8 Å². The van der Waals surface area contributed by atoms with Gasteiger partial charge in [0.05, 0.1) is 16.9 Å². The van der Waals surface area contributed by atoms with Gasteiger partial charge < -0.3 is 19.1 Å². The van der Waals surface area contributed by atoms with E-state index in [1.54, 1.807) is 12.1 Å². The molecular weight excluding hydrogens is 302 g/mol. The van der Waals surface area contributed by atoms with Crippen molar-refractivity contribution in [1.82, 2.24) is 14.0 Å². The van der Waals surface area contributed by atoms with Gasteiger partial charge in [-0.15, -0.1) is 0 Å². The van der Waals surface area contributed by atoms with E-state index in [4.69, 9.17) is 0 Å². The fourth-order valence-corrected chi connectivity index (χ4v) is 4.73. The SMILES string of the molecule is Cn1c2ccc(O)cc2c2c(=O)n([C@@H]3CN4CCC3CC4)ccc21. The molecule has 1 aromatic carbocycles. The van der Waals surface area contributed by atoms with Crippen molar-refractivity contribution in [1.29, 1.82) is 0 Å². The zero-order valence-corrected chi connectivity index (χ0v) is 13.8. The van der Waals surface area contributed by atoms with Gasteiger partial charge in [-0.1, -0.05) is 0 Å². The molecule has 0 radical (unpaired) electrons. The third-order valence-corrected chi connectivity index (χ3v) is 6.05. The van der Waals surface area contributed by atoms with E-state index in [1.165, 1.54) is 25.9 Å². The molecule has 0 saturated carbocycles. The van der Waals surface area contributed by atoms with Crippen molar-refractivity contribution >= 4 is 21.8 Å². The first-order chi connectivity index (χ1) is 11.6. The highest BCUT2D eigenvalue weighted by Crippen LogP contribution is 2.36. The second-order valence-electron chi connectivity index (χ2n) is 7.25. The van der Waals surface area contributed by atoms with Crippen molar-refractivity contribution in [2.24, 2.45) is 13.0 Å².